The summed E-state index contributed by atoms with van der Waals surface area (Å²) < 4.78 is 31.3. The Morgan fingerprint density at radius 2 is 2.06 bits per heavy atom. The van der Waals surface area contributed by atoms with Crippen molar-refractivity contribution in [2.75, 3.05) is 7.05 Å². The number of rotatable bonds is 5. The molecular formula is C14H15F2NO. The van der Waals surface area contributed by atoms with Crippen molar-refractivity contribution in [1.29, 1.82) is 0 Å². The van der Waals surface area contributed by atoms with Crippen LogP contribution in [-0.2, 0) is 6.42 Å². The van der Waals surface area contributed by atoms with Crippen LogP contribution in [0.1, 0.15) is 23.8 Å². The van der Waals surface area contributed by atoms with Gasteiger partial charge in [-0.2, -0.15) is 0 Å². The van der Waals surface area contributed by atoms with Crippen molar-refractivity contribution >= 4 is 0 Å². The van der Waals surface area contributed by atoms with Gasteiger partial charge in [-0.05, 0) is 43.3 Å². The normalized spacial score (nSPS) is 12.6. The Kier molecular flexibility index (Phi) is 4.10. The lowest BCUT2D eigenvalue weighted by Crippen LogP contribution is -2.17. The summed E-state index contributed by atoms with van der Waals surface area (Å²) in [4.78, 5) is 0. The van der Waals surface area contributed by atoms with E-state index in [1.165, 1.54) is 6.07 Å². The van der Waals surface area contributed by atoms with Crippen LogP contribution in [0.2, 0.25) is 0 Å². The molecule has 2 rings (SSSR count). The Bertz CT molecular complexity index is 497. The molecule has 0 aliphatic carbocycles. The molecule has 4 heteroatoms. The minimum atomic E-state index is -0.820. The average Bonchev–Trinajstić information content (AvgIpc) is 2.87. The van der Waals surface area contributed by atoms with E-state index in [2.05, 4.69) is 5.32 Å². The van der Waals surface area contributed by atoms with Gasteiger partial charge in [-0.25, -0.2) is 8.78 Å². The van der Waals surface area contributed by atoms with Crippen LogP contribution in [0.25, 0.3) is 0 Å². The van der Waals surface area contributed by atoms with Gasteiger partial charge in [0.25, 0.3) is 0 Å². The summed E-state index contributed by atoms with van der Waals surface area (Å²) in [7, 11) is 1.80. The van der Waals surface area contributed by atoms with Gasteiger partial charge in [0.05, 0.1) is 6.26 Å². The Morgan fingerprint density at radius 1 is 1.22 bits per heavy atom. The maximum atomic E-state index is 13.2. The summed E-state index contributed by atoms with van der Waals surface area (Å²) in [5.74, 6) is -0.747. The minimum absolute atomic E-state index is 0.0230. The zero-order valence-corrected chi connectivity index (χ0v) is 10.1. The highest BCUT2D eigenvalue weighted by atomic mass is 19.2. The van der Waals surface area contributed by atoms with E-state index in [4.69, 9.17) is 4.42 Å². The molecule has 0 aliphatic heterocycles. The average molecular weight is 251 g/mol. The molecule has 0 radical (unpaired) electrons. The highest BCUT2D eigenvalue weighted by Crippen LogP contribution is 2.21. The lowest BCUT2D eigenvalue weighted by Gasteiger charge is -2.16. The molecule has 0 aliphatic rings. The van der Waals surface area contributed by atoms with Gasteiger partial charge < -0.3 is 9.73 Å². The van der Waals surface area contributed by atoms with Crippen LogP contribution in [-0.4, -0.2) is 7.05 Å². The fourth-order valence-electron chi connectivity index (χ4n) is 1.95. The highest BCUT2D eigenvalue weighted by molar-refractivity contribution is 5.21. The predicted molar refractivity (Wildman–Crippen MR) is 65.2 cm³/mol. The number of aryl methyl sites for hydroxylation is 1. The van der Waals surface area contributed by atoms with E-state index in [0.29, 0.717) is 0 Å². The number of hydrogen-bond acceptors (Lipinski definition) is 2. The van der Waals surface area contributed by atoms with Crippen LogP contribution in [0.4, 0.5) is 8.78 Å². The van der Waals surface area contributed by atoms with E-state index < -0.39 is 11.6 Å². The Balaban J connectivity index is 2.05. The van der Waals surface area contributed by atoms with Crippen molar-refractivity contribution in [3.63, 3.8) is 0 Å². The molecule has 2 nitrogen and oxygen atoms in total. The van der Waals surface area contributed by atoms with Gasteiger partial charge in [-0.15, -0.1) is 0 Å². The monoisotopic (exact) mass is 251 g/mol. The van der Waals surface area contributed by atoms with Crippen molar-refractivity contribution < 1.29 is 13.2 Å². The van der Waals surface area contributed by atoms with Crippen molar-refractivity contribution in [3.8, 4) is 0 Å². The summed E-state index contributed by atoms with van der Waals surface area (Å²) in [5.41, 5.74) is 0.739. The number of furan rings is 1. The van der Waals surface area contributed by atoms with Crippen LogP contribution in [0, 0.1) is 11.6 Å². The third-order valence-electron chi connectivity index (χ3n) is 2.95. The number of halogens is 2. The van der Waals surface area contributed by atoms with E-state index in [1.54, 1.807) is 19.4 Å². The maximum Gasteiger partial charge on any atom is 0.159 e. The highest BCUT2D eigenvalue weighted by Gasteiger charge is 2.12. The van der Waals surface area contributed by atoms with Gasteiger partial charge in [-0.3, -0.25) is 0 Å². The number of nitrogens with one attached hydrogen (secondary N) is 1. The SMILES string of the molecule is CNC(CCc1ccco1)c1ccc(F)c(F)c1. The number of hydrogen-bond donors (Lipinski definition) is 1. The molecule has 18 heavy (non-hydrogen) atoms. The van der Waals surface area contributed by atoms with Crippen molar-refractivity contribution in [3.05, 3.63) is 59.6 Å². The minimum Gasteiger partial charge on any atom is -0.469 e. The fraction of sp³-hybridized carbons (Fsp3) is 0.286. The van der Waals surface area contributed by atoms with Gasteiger partial charge in [0.15, 0.2) is 11.6 Å². The second-order valence-corrected chi connectivity index (χ2v) is 4.13. The first-order valence-electron chi connectivity index (χ1n) is 5.85. The molecule has 0 saturated heterocycles. The van der Waals surface area contributed by atoms with Crippen LogP contribution in [0.15, 0.2) is 41.0 Å². The third kappa shape index (κ3) is 2.96. The fourth-order valence-corrected chi connectivity index (χ4v) is 1.95. The van der Waals surface area contributed by atoms with Crippen LogP contribution in [0.3, 0.4) is 0 Å². The van der Waals surface area contributed by atoms with E-state index in [0.717, 1.165) is 30.2 Å². The Morgan fingerprint density at radius 3 is 2.67 bits per heavy atom. The van der Waals surface area contributed by atoms with E-state index in [-0.39, 0.29) is 6.04 Å². The van der Waals surface area contributed by atoms with Crippen LogP contribution < -0.4 is 5.32 Å². The molecule has 1 unspecified atom stereocenters. The summed E-state index contributed by atoms with van der Waals surface area (Å²) in [6.07, 6.45) is 3.13. The first kappa shape index (κ1) is 12.8. The van der Waals surface area contributed by atoms with Gasteiger partial charge in [0.1, 0.15) is 5.76 Å². The topological polar surface area (TPSA) is 25.2 Å². The molecule has 1 aromatic carbocycles. The standard InChI is InChI=1S/C14H15F2NO/c1-17-14(7-5-11-3-2-8-18-11)10-4-6-12(15)13(16)9-10/h2-4,6,8-9,14,17H,5,7H2,1H3. The largest absolute Gasteiger partial charge is 0.469 e. The lowest BCUT2D eigenvalue weighted by molar-refractivity contribution is 0.464. The molecule has 2 aromatic rings. The molecule has 0 saturated carbocycles. The molecule has 96 valence electrons. The van der Waals surface area contributed by atoms with Crippen molar-refractivity contribution in [2.45, 2.75) is 18.9 Å². The van der Waals surface area contributed by atoms with E-state index in [9.17, 15) is 8.78 Å². The third-order valence-corrected chi connectivity index (χ3v) is 2.95. The second kappa shape index (κ2) is 5.78. The zero-order chi connectivity index (χ0) is 13.0. The smallest absolute Gasteiger partial charge is 0.159 e. The molecule has 1 N–H and O–H groups in total. The quantitative estimate of drug-likeness (QED) is 0.880. The molecule has 0 bridgehead atoms. The van der Waals surface area contributed by atoms with Gasteiger partial charge >= 0.3 is 0 Å². The Labute approximate surface area is 105 Å². The molecule has 0 spiro atoms. The predicted octanol–water partition coefficient (Wildman–Crippen LogP) is 3.45. The van der Waals surface area contributed by atoms with E-state index >= 15 is 0 Å². The molecule has 0 amide bonds. The first-order valence-corrected chi connectivity index (χ1v) is 5.85. The van der Waals surface area contributed by atoms with Crippen molar-refractivity contribution in [2.24, 2.45) is 0 Å². The second-order valence-electron chi connectivity index (χ2n) is 4.13. The van der Waals surface area contributed by atoms with Gasteiger partial charge in [0, 0.05) is 12.5 Å². The summed E-state index contributed by atoms with van der Waals surface area (Å²) in [5, 5.41) is 3.10. The number of benzene rings is 1. The van der Waals surface area contributed by atoms with E-state index in [1.807, 2.05) is 12.1 Å². The summed E-state index contributed by atoms with van der Waals surface area (Å²) in [6.45, 7) is 0. The molecule has 1 atom stereocenters. The maximum absolute atomic E-state index is 13.2. The molecule has 1 heterocycles. The summed E-state index contributed by atoms with van der Waals surface area (Å²) in [6, 6.07) is 7.70. The molecule has 0 fully saturated rings. The van der Waals surface area contributed by atoms with Crippen LogP contribution in [0.5, 0.6) is 0 Å². The van der Waals surface area contributed by atoms with Crippen molar-refractivity contribution in [1.82, 2.24) is 5.32 Å². The Hall–Kier alpha value is -1.68. The van der Waals surface area contributed by atoms with Crippen LogP contribution >= 0.6 is 0 Å². The van der Waals surface area contributed by atoms with Gasteiger partial charge in [0.2, 0.25) is 0 Å². The zero-order valence-electron chi connectivity index (χ0n) is 10.1. The summed E-state index contributed by atoms with van der Waals surface area (Å²) >= 11 is 0. The van der Waals surface area contributed by atoms with Gasteiger partial charge in [-0.1, -0.05) is 6.07 Å². The first-order chi connectivity index (χ1) is 8.70. The molecule has 1 aromatic heterocycles. The molecular weight excluding hydrogens is 236 g/mol. The lowest BCUT2D eigenvalue weighted by atomic mass is 10.0.